The lowest BCUT2D eigenvalue weighted by atomic mass is 9.98. The van der Waals surface area contributed by atoms with Crippen molar-refractivity contribution in [3.8, 4) is 0 Å². The highest BCUT2D eigenvalue weighted by Crippen LogP contribution is 2.25. The van der Waals surface area contributed by atoms with Gasteiger partial charge in [0.1, 0.15) is 0 Å². The van der Waals surface area contributed by atoms with Gasteiger partial charge in [0.2, 0.25) is 0 Å². The quantitative estimate of drug-likeness (QED) is 0.864. The minimum atomic E-state index is 0.0339. The number of hydrogen-bond donors (Lipinski definition) is 1. The summed E-state index contributed by atoms with van der Waals surface area (Å²) in [4.78, 5) is 0. The predicted molar refractivity (Wildman–Crippen MR) is 80.5 cm³/mol. The molecule has 1 N–H and O–H groups in total. The molecular formula is C17H27NO. The van der Waals surface area contributed by atoms with E-state index in [0.29, 0.717) is 12.0 Å². The van der Waals surface area contributed by atoms with Crippen molar-refractivity contribution in [2.75, 3.05) is 13.2 Å². The van der Waals surface area contributed by atoms with Crippen molar-refractivity contribution in [1.82, 2.24) is 5.32 Å². The van der Waals surface area contributed by atoms with E-state index in [1.165, 1.54) is 24.0 Å². The molecule has 2 atom stereocenters. The van der Waals surface area contributed by atoms with E-state index in [-0.39, 0.29) is 5.60 Å². The molecular weight excluding hydrogens is 234 g/mol. The van der Waals surface area contributed by atoms with Crippen LogP contribution in [0.3, 0.4) is 0 Å². The van der Waals surface area contributed by atoms with Crippen LogP contribution in [0.4, 0.5) is 0 Å². The van der Waals surface area contributed by atoms with E-state index in [9.17, 15) is 0 Å². The second kappa shape index (κ2) is 6.06. The average molecular weight is 261 g/mol. The number of rotatable bonds is 5. The summed E-state index contributed by atoms with van der Waals surface area (Å²) in [5.74, 6) is 0.600. The molecule has 2 heteroatoms. The molecule has 0 aromatic heterocycles. The fraction of sp³-hybridized carbons (Fsp3) is 0.647. The summed E-state index contributed by atoms with van der Waals surface area (Å²) in [5.41, 5.74) is 2.79. The SMILES string of the molecule is CC(C)c1ccc(C(C)NCC2(C)CCCO2)cc1. The first-order chi connectivity index (χ1) is 9.00. The van der Waals surface area contributed by atoms with E-state index in [1.807, 2.05) is 0 Å². The van der Waals surface area contributed by atoms with Gasteiger partial charge in [-0.2, -0.15) is 0 Å². The normalized spacial score (nSPS) is 24.9. The molecule has 1 saturated heterocycles. The summed E-state index contributed by atoms with van der Waals surface area (Å²) in [6.45, 7) is 10.7. The van der Waals surface area contributed by atoms with Gasteiger partial charge in [-0.15, -0.1) is 0 Å². The van der Waals surface area contributed by atoms with Gasteiger partial charge < -0.3 is 10.1 Å². The summed E-state index contributed by atoms with van der Waals surface area (Å²) < 4.78 is 5.81. The van der Waals surface area contributed by atoms with Crippen LogP contribution in [-0.4, -0.2) is 18.8 Å². The van der Waals surface area contributed by atoms with Crippen molar-refractivity contribution in [3.05, 3.63) is 35.4 Å². The molecule has 2 unspecified atom stereocenters. The van der Waals surface area contributed by atoms with Crippen LogP contribution in [0, 0.1) is 0 Å². The van der Waals surface area contributed by atoms with Crippen LogP contribution in [0.25, 0.3) is 0 Å². The molecule has 0 radical (unpaired) electrons. The molecule has 1 aromatic carbocycles. The Balaban J connectivity index is 1.90. The van der Waals surface area contributed by atoms with E-state index in [4.69, 9.17) is 4.74 Å². The van der Waals surface area contributed by atoms with Crippen molar-refractivity contribution < 1.29 is 4.74 Å². The molecule has 1 fully saturated rings. The van der Waals surface area contributed by atoms with Crippen molar-refractivity contribution in [3.63, 3.8) is 0 Å². The maximum atomic E-state index is 5.81. The minimum absolute atomic E-state index is 0.0339. The van der Waals surface area contributed by atoms with E-state index < -0.39 is 0 Å². The van der Waals surface area contributed by atoms with Gasteiger partial charge in [0, 0.05) is 19.2 Å². The summed E-state index contributed by atoms with van der Waals surface area (Å²) in [5, 5.41) is 3.61. The lowest BCUT2D eigenvalue weighted by Crippen LogP contribution is -2.38. The van der Waals surface area contributed by atoms with Gasteiger partial charge in [0.15, 0.2) is 0 Å². The second-order valence-electron chi connectivity index (χ2n) is 6.33. The summed E-state index contributed by atoms with van der Waals surface area (Å²) in [7, 11) is 0. The largest absolute Gasteiger partial charge is 0.374 e. The molecule has 1 aliphatic rings. The lowest BCUT2D eigenvalue weighted by molar-refractivity contribution is 0.0191. The Morgan fingerprint density at radius 2 is 1.79 bits per heavy atom. The summed E-state index contributed by atoms with van der Waals surface area (Å²) in [6.07, 6.45) is 2.36. The monoisotopic (exact) mass is 261 g/mol. The van der Waals surface area contributed by atoms with E-state index in [1.54, 1.807) is 0 Å². The third-order valence-electron chi connectivity index (χ3n) is 4.19. The maximum Gasteiger partial charge on any atom is 0.0779 e. The summed E-state index contributed by atoms with van der Waals surface area (Å²) in [6, 6.07) is 9.34. The first-order valence-corrected chi connectivity index (χ1v) is 7.47. The Hall–Kier alpha value is -0.860. The van der Waals surface area contributed by atoms with Crippen LogP contribution in [-0.2, 0) is 4.74 Å². The van der Waals surface area contributed by atoms with Gasteiger partial charge in [0.05, 0.1) is 5.60 Å². The fourth-order valence-electron chi connectivity index (χ4n) is 2.63. The molecule has 0 spiro atoms. The second-order valence-corrected chi connectivity index (χ2v) is 6.33. The zero-order chi connectivity index (χ0) is 13.9. The molecule has 0 bridgehead atoms. The zero-order valence-corrected chi connectivity index (χ0v) is 12.7. The number of nitrogens with one attached hydrogen (secondary N) is 1. The maximum absolute atomic E-state index is 5.81. The van der Waals surface area contributed by atoms with Gasteiger partial charge in [0.25, 0.3) is 0 Å². The first kappa shape index (κ1) is 14.5. The molecule has 1 aromatic rings. The molecule has 0 aliphatic carbocycles. The number of benzene rings is 1. The Morgan fingerprint density at radius 1 is 1.16 bits per heavy atom. The van der Waals surface area contributed by atoms with Crippen LogP contribution in [0.1, 0.15) is 63.6 Å². The highest BCUT2D eigenvalue weighted by Gasteiger charge is 2.29. The topological polar surface area (TPSA) is 21.3 Å². The Kier molecular flexibility index (Phi) is 4.64. The van der Waals surface area contributed by atoms with Crippen LogP contribution in [0.15, 0.2) is 24.3 Å². The smallest absolute Gasteiger partial charge is 0.0779 e. The van der Waals surface area contributed by atoms with E-state index >= 15 is 0 Å². The lowest BCUT2D eigenvalue weighted by Gasteiger charge is -2.26. The Bertz CT molecular complexity index is 390. The highest BCUT2D eigenvalue weighted by atomic mass is 16.5. The number of hydrogen-bond acceptors (Lipinski definition) is 2. The van der Waals surface area contributed by atoms with Gasteiger partial charge in [-0.1, -0.05) is 38.1 Å². The highest BCUT2D eigenvalue weighted by molar-refractivity contribution is 5.26. The van der Waals surface area contributed by atoms with Crippen molar-refractivity contribution in [2.24, 2.45) is 0 Å². The van der Waals surface area contributed by atoms with Gasteiger partial charge in [-0.05, 0) is 43.7 Å². The summed E-state index contributed by atoms with van der Waals surface area (Å²) >= 11 is 0. The van der Waals surface area contributed by atoms with Crippen LogP contribution in [0.2, 0.25) is 0 Å². The van der Waals surface area contributed by atoms with Gasteiger partial charge in [-0.3, -0.25) is 0 Å². The molecule has 19 heavy (non-hydrogen) atoms. The molecule has 0 amide bonds. The van der Waals surface area contributed by atoms with Crippen LogP contribution < -0.4 is 5.32 Å². The molecule has 2 rings (SSSR count). The average Bonchev–Trinajstić information content (AvgIpc) is 2.83. The van der Waals surface area contributed by atoms with Gasteiger partial charge >= 0.3 is 0 Å². The van der Waals surface area contributed by atoms with E-state index in [2.05, 4.69) is 57.3 Å². The molecule has 2 nitrogen and oxygen atoms in total. The van der Waals surface area contributed by atoms with Crippen molar-refractivity contribution in [1.29, 1.82) is 0 Å². The first-order valence-electron chi connectivity index (χ1n) is 7.47. The van der Waals surface area contributed by atoms with Crippen molar-refractivity contribution in [2.45, 2.75) is 58.1 Å². The third kappa shape index (κ3) is 3.80. The van der Waals surface area contributed by atoms with Crippen LogP contribution >= 0.6 is 0 Å². The van der Waals surface area contributed by atoms with Gasteiger partial charge in [-0.25, -0.2) is 0 Å². The fourth-order valence-corrected chi connectivity index (χ4v) is 2.63. The molecule has 1 aliphatic heterocycles. The Morgan fingerprint density at radius 3 is 2.32 bits per heavy atom. The third-order valence-corrected chi connectivity index (χ3v) is 4.19. The van der Waals surface area contributed by atoms with E-state index in [0.717, 1.165) is 13.2 Å². The predicted octanol–water partition coefficient (Wildman–Crippen LogP) is 4.03. The zero-order valence-electron chi connectivity index (χ0n) is 12.7. The minimum Gasteiger partial charge on any atom is -0.374 e. The molecule has 0 saturated carbocycles. The number of ether oxygens (including phenoxy) is 1. The Labute approximate surface area is 117 Å². The molecule has 106 valence electrons. The van der Waals surface area contributed by atoms with Crippen LogP contribution in [0.5, 0.6) is 0 Å². The molecule has 1 heterocycles. The van der Waals surface area contributed by atoms with Crippen molar-refractivity contribution >= 4 is 0 Å². The standard InChI is InChI=1S/C17H27NO/c1-13(2)15-6-8-16(9-7-15)14(3)18-12-17(4)10-5-11-19-17/h6-9,13-14,18H,5,10-12H2,1-4H3.